The number of hydrogen-bond donors (Lipinski definition) is 1. The van der Waals surface area contributed by atoms with Crippen molar-refractivity contribution in [3.8, 4) is 5.75 Å². The molecule has 2 aromatic rings. The molecule has 7 heteroatoms. The van der Waals surface area contributed by atoms with Gasteiger partial charge >= 0.3 is 0 Å². The van der Waals surface area contributed by atoms with Gasteiger partial charge < -0.3 is 15.0 Å². The van der Waals surface area contributed by atoms with E-state index in [9.17, 15) is 9.59 Å². The second-order valence-electron chi connectivity index (χ2n) is 6.78. The topological polar surface area (TPSA) is 58.6 Å². The minimum atomic E-state index is -0.798. The summed E-state index contributed by atoms with van der Waals surface area (Å²) >= 11 is 12.1. The van der Waals surface area contributed by atoms with Crippen LogP contribution in [0.15, 0.2) is 36.4 Å². The number of benzene rings is 2. The Morgan fingerprint density at radius 2 is 1.79 bits per heavy atom. The van der Waals surface area contributed by atoms with E-state index in [0.29, 0.717) is 22.0 Å². The Kier molecular flexibility index (Phi) is 6.47. The monoisotopic (exact) mass is 420 g/mol. The Morgan fingerprint density at radius 1 is 1.11 bits per heavy atom. The second-order valence-corrected chi connectivity index (χ2v) is 7.56. The summed E-state index contributed by atoms with van der Waals surface area (Å²) in [5.74, 6) is -0.00230. The average molecular weight is 421 g/mol. The molecule has 28 heavy (non-hydrogen) atoms. The maximum absolute atomic E-state index is 12.7. The first-order valence-corrected chi connectivity index (χ1v) is 9.94. The summed E-state index contributed by atoms with van der Waals surface area (Å²) in [7, 11) is 0. The fourth-order valence-electron chi connectivity index (χ4n) is 3.15. The number of rotatable bonds is 5. The van der Waals surface area contributed by atoms with Gasteiger partial charge in [-0.3, -0.25) is 9.59 Å². The predicted molar refractivity (Wildman–Crippen MR) is 111 cm³/mol. The van der Waals surface area contributed by atoms with Crippen LogP contribution in [0, 0.1) is 6.92 Å². The number of carbonyl (C=O) groups excluding carboxylic acids is 2. The number of carbonyl (C=O) groups is 2. The number of anilines is 1. The van der Waals surface area contributed by atoms with Crippen LogP contribution in [0.25, 0.3) is 0 Å². The van der Waals surface area contributed by atoms with Crippen molar-refractivity contribution in [2.45, 2.75) is 32.8 Å². The van der Waals surface area contributed by atoms with Gasteiger partial charge in [-0.25, -0.2) is 0 Å². The van der Waals surface area contributed by atoms with Crippen LogP contribution in [0.4, 0.5) is 5.69 Å². The lowest BCUT2D eigenvalue weighted by atomic mass is 10.1. The number of ether oxygens (including phenoxy) is 1. The summed E-state index contributed by atoms with van der Waals surface area (Å²) < 4.78 is 5.66. The molecule has 1 heterocycles. The standard InChI is InChI=1S/C21H22Cl2N2O3/c1-13-15(21(27)25-11-3-4-12-25)7-5-9-17(13)24-20(26)14(2)28-18-10-6-8-16(22)19(18)23/h5-10,14H,3-4,11-12H2,1-2H3,(H,24,26). The lowest BCUT2D eigenvalue weighted by Crippen LogP contribution is -2.31. The highest BCUT2D eigenvalue weighted by atomic mass is 35.5. The average Bonchev–Trinajstić information content (AvgIpc) is 3.21. The largest absolute Gasteiger partial charge is 0.479 e. The molecule has 1 aliphatic heterocycles. The van der Waals surface area contributed by atoms with E-state index in [-0.39, 0.29) is 16.8 Å². The number of halogens is 2. The molecule has 0 aromatic heterocycles. The SMILES string of the molecule is Cc1c(NC(=O)C(C)Oc2cccc(Cl)c2Cl)cccc1C(=O)N1CCCC1. The molecule has 0 saturated carbocycles. The Balaban J connectivity index is 1.72. The molecular formula is C21H22Cl2N2O3. The van der Waals surface area contributed by atoms with Gasteiger partial charge in [0.15, 0.2) is 6.10 Å². The van der Waals surface area contributed by atoms with E-state index in [4.69, 9.17) is 27.9 Å². The summed E-state index contributed by atoms with van der Waals surface area (Å²) in [6.07, 6.45) is 1.26. The van der Waals surface area contributed by atoms with Crippen LogP contribution in [-0.2, 0) is 4.79 Å². The number of hydrogen-bond acceptors (Lipinski definition) is 3. The van der Waals surface area contributed by atoms with Crippen LogP contribution in [0.1, 0.15) is 35.7 Å². The molecule has 1 saturated heterocycles. The van der Waals surface area contributed by atoms with E-state index in [1.54, 1.807) is 43.3 Å². The highest BCUT2D eigenvalue weighted by molar-refractivity contribution is 6.42. The van der Waals surface area contributed by atoms with E-state index in [0.717, 1.165) is 31.5 Å². The Labute approximate surface area is 174 Å². The number of nitrogens with zero attached hydrogens (tertiary/aromatic N) is 1. The van der Waals surface area contributed by atoms with Crippen LogP contribution in [0.5, 0.6) is 5.75 Å². The van der Waals surface area contributed by atoms with E-state index >= 15 is 0 Å². The zero-order chi connectivity index (χ0) is 20.3. The second kappa shape index (κ2) is 8.84. The molecule has 1 N–H and O–H groups in total. The lowest BCUT2D eigenvalue weighted by molar-refractivity contribution is -0.122. The van der Waals surface area contributed by atoms with Crippen LogP contribution in [0.3, 0.4) is 0 Å². The van der Waals surface area contributed by atoms with Crippen molar-refractivity contribution in [2.24, 2.45) is 0 Å². The van der Waals surface area contributed by atoms with Gasteiger partial charge in [0, 0.05) is 24.3 Å². The first kappa shape index (κ1) is 20.5. The van der Waals surface area contributed by atoms with E-state index in [1.807, 2.05) is 11.8 Å². The van der Waals surface area contributed by atoms with Crippen molar-refractivity contribution in [3.05, 3.63) is 57.6 Å². The van der Waals surface area contributed by atoms with Crippen molar-refractivity contribution in [1.82, 2.24) is 4.90 Å². The third-order valence-electron chi connectivity index (χ3n) is 4.80. The molecule has 0 aliphatic carbocycles. The zero-order valence-corrected chi connectivity index (χ0v) is 17.3. The van der Waals surface area contributed by atoms with Gasteiger partial charge in [-0.15, -0.1) is 0 Å². The minimum Gasteiger partial charge on any atom is -0.479 e. The molecule has 3 rings (SSSR count). The van der Waals surface area contributed by atoms with E-state index in [2.05, 4.69) is 5.32 Å². The van der Waals surface area contributed by atoms with Crippen LogP contribution >= 0.6 is 23.2 Å². The molecule has 0 radical (unpaired) electrons. The van der Waals surface area contributed by atoms with Crippen LogP contribution in [-0.4, -0.2) is 35.9 Å². The summed E-state index contributed by atoms with van der Waals surface area (Å²) in [6, 6.07) is 10.3. The maximum Gasteiger partial charge on any atom is 0.265 e. The van der Waals surface area contributed by atoms with E-state index in [1.165, 1.54) is 0 Å². The normalized spacial score (nSPS) is 14.6. The Morgan fingerprint density at radius 3 is 2.50 bits per heavy atom. The van der Waals surface area contributed by atoms with Crippen molar-refractivity contribution in [1.29, 1.82) is 0 Å². The summed E-state index contributed by atoms with van der Waals surface area (Å²) in [5.41, 5.74) is 1.93. The lowest BCUT2D eigenvalue weighted by Gasteiger charge is -2.20. The van der Waals surface area contributed by atoms with Gasteiger partial charge in [0.1, 0.15) is 10.8 Å². The van der Waals surface area contributed by atoms with Gasteiger partial charge in [-0.1, -0.05) is 35.3 Å². The van der Waals surface area contributed by atoms with Crippen molar-refractivity contribution >= 4 is 40.7 Å². The molecule has 0 spiro atoms. The molecule has 1 aliphatic rings. The molecule has 5 nitrogen and oxygen atoms in total. The zero-order valence-electron chi connectivity index (χ0n) is 15.8. The highest BCUT2D eigenvalue weighted by Crippen LogP contribution is 2.32. The van der Waals surface area contributed by atoms with Gasteiger partial charge in [-0.05, 0) is 56.5 Å². The molecule has 148 valence electrons. The third-order valence-corrected chi connectivity index (χ3v) is 5.61. The number of amides is 2. The summed E-state index contributed by atoms with van der Waals surface area (Å²) in [5, 5.41) is 3.46. The fourth-order valence-corrected chi connectivity index (χ4v) is 3.48. The third kappa shape index (κ3) is 4.42. The van der Waals surface area contributed by atoms with Gasteiger partial charge in [-0.2, -0.15) is 0 Å². The molecule has 2 amide bonds. The smallest absolute Gasteiger partial charge is 0.265 e. The molecule has 1 atom stereocenters. The van der Waals surface area contributed by atoms with Crippen molar-refractivity contribution in [2.75, 3.05) is 18.4 Å². The molecule has 1 fully saturated rings. The van der Waals surface area contributed by atoms with Gasteiger partial charge in [0.25, 0.3) is 11.8 Å². The quantitative estimate of drug-likeness (QED) is 0.744. The van der Waals surface area contributed by atoms with Gasteiger partial charge in [0.05, 0.1) is 5.02 Å². The Hall–Kier alpha value is -2.24. The summed E-state index contributed by atoms with van der Waals surface area (Å²) in [4.78, 5) is 27.2. The molecule has 1 unspecified atom stereocenters. The molecular weight excluding hydrogens is 399 g/mol. The van der Waals surface area contributed by atoms with Gasteiger partial charge in [0.2, 0.25) is 0 Å². The van der Waals surface area contributed by atoms with Crippen LogP contribution in [0.2, 0.25) is 10.0 Å². The maximum atomic E-state index is 12.7. The van der Waals surface area contributed by atoms with E-state index < -0.39 is 6.10 Å². The number of likely N-dealkylation sites (tertiary alicyclic amines) is 1. The molecule has 0 bridgehead atoms. The Bertz CT molecular complexity index is 895. The first-order chi connectivity index (χ1) is 13.4. The van der Waals surface area contributed by atoms with Crippen molar-refractivity contribution in [3.63, 3.8) is 0 Å². The molecule has 2 aromatic carbocycles. The first-order valence-electron chi connectivity index (χ1n) is 9.19. The van der Waals surface area contributed by atoms with Crippen LogP contribution < -0.4 is 10.1 Å². The number of nitrogens with one attached hydrogen (secondary N) is 1. The summed E-state index contributed by atoms with van der Waals surface area (Å²) in [6.45, 7) is 5.01. The fraction of sp³-hybridized carbons (Fsp3) is 0.333. The van der Waals surface area contributed by atoms with Crippen molar-refractivity contribution < 1.29 is 14.3 Å². The highest BCUT2D eigenvalue weighted by Gasteiger charge is 2.23. The minimum absolute atomic E-state index is 0.00102. The predicted octanol–water partition coefficient (Wildman–Crippen LogP) is 4.94.